The normalized spacial score (nSPS) is 19.3. The number of pyridine rings is 1. The number of amides is 1. The van der Waals surface area contributed by atoms with Gasteiger partial charge in [-0.2, -0.15) is 13.2 Å². The van der Waals surface area contributed by atoms with Crippen molar-refractivity contribution in [2.45, 2.75) is 31.6 Å². The van der Waals surface area contributed by atoms with Crippen LogP contribution < -0.4 is 10.2 Å². The molecule has 1 aromatic carbocycles. The number of benzene rings is 1. The van der Waals surface area contributed by atoms with Crippen LogP contribution in [0.25, 0.3) is 0 Å². The summed E-state index contributed by atoms with van der Waals surface area (Å²) in [4.78, 5) is 18.4. The highest BCUT2D eigenvalue weighted by atomic mass is 19.4. The number of aromatic nitrogens is 1. The number of carbonyl (C=O) groups excluding carboxylic acids is 1. The third-order valence-corrected chi connectivity index (χ3v) is 4.29. The number of nitrogens with one attached hydrogen (secondary N) is 1. The molecule has 4 nitrogen and oxygen atoms in total. The summed E-state index contributed by atoms with van der Waals surface area (Å²) < 4.78 is 37.9. The van der Waals surface area contributed by atoms with Crippen LogP contribution >= 0.6 is 0 Å². The molecule has 7 heteroatoms. The maximum atomic E-state index is 12.6. The Morgan fingerprint density at radius 2 is 1.92 bits per heavy atom. The molecule has 1 aliphatic heterocycles. The summed E-state index contributed by atoms with van der Waals surface area (Å²) in [6, 6.07) is 9.79. The maximum Gasteiger partial charge on any atom is 0.416 e. The molecule has 1 aliphatic rings. The Hall–Kier alpha value is -2.41. The average molecular weight is 349 g/mol. The first-order valence-corrected chi connectivity index (χ1v) is 8.02. The van der Waals surface area contributed by atoms with Crippen molar-refractivity contribution in [1.82, 2.24) is 10.3 Å². The molecule has 0 bridgehead atoms. The summed E-state index contributed by atoms with van der Waals surface area (Å²) >= 11 is 0. The SMILES string of the molecule is CC(NC1CCN(c2ccc(C(F)(F)F)cc2)C1=O)c1ccccn1. The molecule has 0 radical (unpaired) electrons. The Morgan fingerprint density at radius 3 is 2.52 bits per heavy atom. The summed E-state index contributed by atoms with van der Waals surface area (Å²) in [6.45, 7) is 2.40. The third kappa shape index (κ3) is 3.82. The van der Waals surface area contributed by atoms with E-state index in [1.165, 1.54) is 17.0 Å². The van der Waals surface area contributed by atoms with Crippen molar-refractivity contribution in [3.63, 3.8) is 0 Å². The second-order valence-electron chi connectivity index (χ2n) is 6.02. The van der Waals surface area contributed by atoms with Gasteiger partial charge in [0.15, 0.2) is 0 Å². The zero-order valence-corrected chi connectivity index (χ0v) is 13.6. The Balaban J connectivity index is 1.67. The van der Waals surface area contributed by atoms with Gasteiger partial charge in [-0.3, -0.25) is 15.1 Å². The van der Waals surface area contributed by atoms with Crippen LogP contribution in [0.1, 0.15) is 30.6 Å². The maximum absolute atomic E-state index is 12.6. The molecule has 1 amide bonds. The van der Waals surface area contributed by atoms with Gasteiger partial charge in [-0.15, -0.1) is 0 Å². The third-order valence-electron chi connectivity index (χ3n) is 4.29. The first kappa shape index (κ1) is 17.4. The Kier molecular flexibility index (Phi) is 4.76. The number of nitrogens with zero attached hydrogens (tertiary/aromatic N) is 2. The fraction of sp³-hybridized carbons (Fsp3) is 0.333. The highest BCUT2D eigenvalue weighted by Gasteiger charge is 2.34. The fourth-order valence-corrected chi connectivity index (χ4v) is 2.94. The Bertz CT molecular complexity index is 731. The predicted octanol–water partition coefficient (Wildman–Crippen LogP) is 3.56. The average Bonchev–Trinajstić information content (AvgIpc) is 2.96. The van der Waals surface area contributed by atoms with E-state index in [4.69, 9.17) is 0 Å². The number of carbonyl (C=O) groups is 1. The quantitative estimate of drug-likeness (QED) is 0.918. The second kappa shape index (κ2) is 6.84. The van der Waals surface area contributed by atoms with Crippen molar-refractivity contribution in [2.75, 3.05) is 11.4 Å². The molecule has 0 spiro atoms. The van der Waals surface area contributed by atoms with E-state index in [1.807, 2.05) is 25.1 Å². The van der Waals surface area contributed by atoms with Crippen molar-refractivity contribution in [1.29, 1.82) is 0 Å². The smallest absolute Gasteiger partial charge is 0.311 e. The minimum Gasteiger partial charge on any atom is -0.311 e. The molecule has 1 fully saturated rings. The van der Waals surface area contributed by atoms with E-state index in [0.717, 1.165) is 17.8 Å². The van der Waals surface area contributed by atoms with Gasteiger partial charge >= 0.3 is 6.18 Å². The lowest BCUT2D eigenvalue weighted by atomic mass is 10.1. The van der Waals surface area contributed by atoms with Gasteiger partial charge in [-0.1, -0.05) is 6.07 Å². The second-order valence-corrected chi connectivity index (χ2v) is 6.02. The summed E-state index contributed by atoms with van der Waals surface area (Å²) in [5.41, 5.74) is 0.595. The van der Waals surface area contributed by atoms with E-state index in [-0.39, 0.29) is 18.0 Å². The van der Waals surface area contributed by atoms with Crippen LogP contribution in [0.3, 0.4) is 0 Å². The van der Waals surface area contributed by atoms with Gasteiger partial charge in [-0.25, -0.2) is 0 Å². The molecular formula is C18H18F3N3O. The van der Waals surface area contributed by atoms with E-state index in [0.29, 0.717) is 18.7 Å². The van der Waals surface area contributed by atoms with Crippen LogP contribution in [0.5, 0.6) is 0 Å². The topological polar surface area (TPSA) is 45.2 Å². The predicted molar refractivity (Wildman–Crippen MR) is 88.0 cm³/mol. The summed E-state index contributed by atoms with van der Waals surface area (Å²) in [7, 11) is 0. The Morgan fingerprint density at radius 1 is 1.20 bits per heavy atom. The number of halogens is 3. The number of hydrogen-bond donors (Lipinski definition) is 1. The van der Waals surface area contributed by atoms with E-state index in [9.17, 15) is 18.0 Å². The van der Waals surface area contributed by atoms with E-state index in [2.05, 4.69) is 10.3 Å². The number of hydrogen-bond acceptors (Lipinski definition) is 3. The van der Waals surface area contributed by atoms with Gasteiger partial charge in [0.1, 0.15) is 0 Å². The standard InChI is InChI=1S/C18H18F3N3O/c1-12(15-4-2-3-10-22-15)23-16-9-11-24(17(16)25)14-7-5-13(6-8-14)18(19,20)21/h2-8,10,12,16,23H,9,11H2,1H3. The molecule has 132 valence electrons. The molecule has 2 aromatic rings. The number of alkyl halides is 3. The highest BCUT2D eigenvalue weighted by molar-refractivity contribution is 5.99. The molecule has 1 aromatic heterocycles. The van der Waals surface area contributed by atoms with Crippen molar-refractivity contribution in [3.8, 4) is 0 Å². The van der Waals surface area contributed by atoms with E-state index in [1.54, 1.807) is 6.20 Å². The molecule has 2 heterocycles. The molecule has 2 unspecified atom stereocenters. The lowest BCUT2D eigenvalue weighted by Crippen LogP contribution is -2.39. The van der Waals surface area contributed by atoms with Gasteiger partial charge in [0, 0.05) is 24.5 Å². The molecule has 1 saturated heterocycles. The monoisotopic (exact) mass is 349 g/mol. The summed E-state index contributed by atoms with van der Waals surface area (Å²) in [5.74, 6) is -0.137. The van der Waals surface area contributed by atoms with E-state index >= 15 is 0 Å². The molecule has 0 saturated carbocycles. The molecule has 3 rings (SSSR count). The molecule has 2 atom stereocenters. The van der Waals surface area contributed by atoms with Gasteiger partial charge in [0.2, 0.25) is 5.91 Å². The van der Waals surface area contributed by atoms with Crippen LogP contribution in [-0.2, 0) is 11.0 Å². The minimum atomic E-state index is -4.38. The molecule has 0 aliphatic carbocycles. The lowest BCUT2D eigenvalue weighted by Gasteiger charge is -2.20. The largest absolute Gasteiger partial charge is 0.416 e. The van der Waals surface area contributed by atoms with Gasteiger partial charge in [-0.05, 0) is 49.7 Å². The van der Waals surface area contributed by atoms with Gasteiger partial charge in [0.25, 0.3) is 0 Å². The first-order chi connectivity index (χ1) is 11.9. The summed E-state index contributed by atoms with van der Waals surface area (Å²) in [5, 5.41) is 3.25. The van der Waals surface area contributed by atoms with Crippen molar-refractivity contribution in [2.24, 2.45) is 0 Å². The first-order valence-electron chi connectivity index (χ1n) is 8.02. The van der Waals surface area contributed by atoms with Crippen LogP contribution in [0.2, 0.25) is 0 Å². The molecular weight excluding hydrogens is 331 g/mol. The zero-order valence-electron chi connectivity index (χ0n) is 13.6. The number of rotatable bonds is 4. The van der Waals surface area contributed by atoms with Crippen molar-refractivity contribution < 1.29 is 18.0 Å². The zero-order chi connectivity index (χ0) is 18.0. The van der Waals surface area contributed by atoms with Crippen LogP contribution in [0, 0.1) is 0 Å². The van der Waals surface area contributed by atoms with E-state index < -0.39 is 11.7 Å². The van der Waals surface area contributed by atoms with Crippen LogP contribution in [0.15, 0.2) is 48.7 Å². The number of anilines is 1. The summed E-state index contributed by atoms with van der Waals surface area (Å²) in [6.07, 6.45) is -2.09. The molecule has 25 heavy (non-hydrogen) atoms. The molecule has 1 N–H and O–H groups in total. The highest BCUT2D eigenvalue weighted by Crippen LogP contribution is 2.31. The fourth-order valence-electron chi connectivity index (χ4n) is 2.94. The lowest BCUT2D eigenvalue weighted by molar-refractivity contribution is -0.137. The minimum absolute atomic E-state index is 0.0947. The van der Waals surface area contributed by atoms with Crippen LogP contribution in [0.4, 0.5) is 18.9 Å². The Labute approximate surface area is 143 Å². The van der Waals surface area contributed by atoms with Gasteiger partial charge < -0.3 is 4.90 Å². The van der Waals surface area contributed by atoms with Crippen molar-refractivity contribution >= 4 is 11.6 Å². The van der Waals surface area contributed by atoms with Crippen LogP contribution in [-0.4, -0.2) is 23.5 Å². The van der Waals surface area contributed by atoms with Crippen molar-refractivity contribution in [3.05, 3.63) is 59.9 Å². The van der Waals surface area contributed by atoms with Gasteiger partial charge in [0.05, 0.1) is 17.3 Å².